The van der Waals surface area contributed by atoms with Crippen LogP contribution in [0.15, 0.2) is 36.4 Å². The summed E-state index contributed by atoms with van der Waals surface area (Å²) < 4.78 is 0. The normalized spacial score (nSPS) is 12.1. The molecule has 0 amide bonds. The molecule has 86 valence electrons. The molecule has 1 aromatic carbocycles. The van der Waals surface area contributed by atoms with Gasteiger partial charge in [0, 0.05) is 11.4 Å². The van der Waals surface area contributed by atoms with E-state index in [0.717, 1.165) is 24.1 Å². The first kappa shape index (κ1) is 12.9. The third-order valence-corrected chi connectivity index (χ3v) is 2.60. The van der Waals surface area contributed by atoms with Crippen LogP contribution in [-0.2, 0) is 0 Å². The Morgan fingerprint density at radius 1 is 1.19 bits per heavy atom. The molecule has 2 nitrogen and oxygen atoms in total. The summed E-state index contributed by atoms with van der Waals surface area (Å²) in [5.41, 5.74) is 8.06. The second-order valence-electron chi connectivity index (χ2n) is 3.82. The highest BCUT2D eigenvalue weighted by Crippen LogP contribution is 2.17. The van der Waals surface area contributed by atoms with Crippen LogP contribution < -0.4 is 5.73 Å². The van der Waals surface area contributed by atoms with E-state index in [1.54, 1.807) is 0 Å². The fraction of sp³-hybridized carbons (Fsp3) is 0.308. The van der Waals surface area contributed by atoms with Gasteiger partial charge in [0.15, 0.2) is 0 Å². The van der Waals surface area contributed by atoms with Crippen molar-refractivity contribution in [2.24, 2.45) is 5.73 Å². The van der Waals surface area contributed by atoms with Gasteiger partial charge >= 0.3 is 0 Å². The molecule has 2 aromatic rings. The zero-order chi connectivity index (χ0) is 10.7. The van der Waals surface area contributed by atoms with Gasteiger partial charge in [0.2, 0.25) is 0 Å². The van der Waals surface area contributed by atoms with Crippen molar-refractivity contribution in [2.45, 2.75) is 25.8 Å². The van der Waals surface area contributed by atoms with Gasteiger partial charge in [-0.1, -0.05) is 37.6 Å². The van der Waals surface area contributed by atoms with Gasteiger partial charge in [-0.15, -0.1) is 12.4 Å². The summed E-state index contributed by atoms with van der Waals surface area (Å²) in [6, 6.07) is 12.3. The second-order valence-corrected chi connectivity index (χ2v) is 3.82. The Kier molecular flexibility index (Phi) is 4.71. The Labute approximate surface area is 102 Å². The lowest BCUT2D eigenvalue weighted by Crippen LogP contribution is -2.11. The highest BCUT2D eigenvalue weighted by Gasteiger charge is 2.06. The monoisotopic (exact) mass is 236 g/mol. The number of fused-ring (bicyclic) bond motifs is 1. The van der Waals surface area contributed by atoms with Crippen molar-refractivity contribution in [3.63, 3.8) is 0 Å². The summed E-state index contributed by atoms with van der Waals surface area (Å²) in [5, 5.41) is 1.17. The molecule has 0 saturated heterocycles. The largest absolute Gasteiger partial charge is 0.323 e. The highest BCUT2D eigenvalue weighted by molar-refractivity contribution is 5.85. The SMILES string of the molecule is CCC[C@H](N)c1ccc2ccccc2n1.Cl. The average molecular weight is 237 g/mol. The molecule has 0 aliphatic heterocycles. The number of pyridine rings is 1. The van der Waals surface area contributed by atoms with Crippen LogP contribution in [-0.4, -0.2) is 4.98 Å². The van der Waals surface area contributed by atoms with Crippen molar-refractivity contribution >= 4 is 23.3 Å². The van der Waals surface area contributed by atoms with Crippen molar-refractivity contribution < 1.29 is 0 Å². The molecule has 0 radical (unpaired) electrons. The number of aromatic nitrogens is 1. The van der Waals surface area contributed by atoms with Crippen LogP contribution in [0.3, 0.4) is 0 Å². The Bertz CT molecular complexity index is 456. The predicted molar refractivity (Wildman–Crippen MR) is 70.8 cm³/mol. The quantitative estimate of drug-likeness (QED) is 0.887. The number of nitrogens with two attached hydrogens (primary N) is 1. The third kappa shape index (κ3) is 2.71. The number of rotatable bonds is 3. The van der Waals surface area contributed by atoms with E-state index in [4.69, 9.17) is 5.73 Å². The van der Waals surface area contributed by atoms with Crippen LogP contribution in [0.25, 0.3) is 10.9 Å². The molecular formula is C13H17ClN2. The Hall–Kier alpha value is -1.12. The third-order valence-electron chi connectivity index (χ3n) is 2.60. The van der Waals surface area contributed by atoms with E-state index < -0.39 is 0 Å². The van der Waals surface area contributed by atoms with Crippen molar-refractivity contribution in [1.29, 1.82) is 0 Å². The fourth-order valence-corrected chi connectivity index (χ4v) is 1.75. The Morgan fingerprint density at radius 2 is 1.94 bits per heavy atom. The van der Waals surface area contributed by atoms with Crippen LogP contribution in [0.5, 0.6) is 0 Å². The maximum Gasteiger partial charge on any atom is 0.0706 e. The van der Waals surface area contributed by atoms with Gasteiger partial charge in [-0.05, 0) is 18.6 Å². The lowest BCUT2D eigenvalue weighted by Gasteiger charge is -2.10. The number of nitrogens with zero attached hydrogens (tertiary/aromatic N) is 1. The summed E-state index contributed by atoms with van der Waals surface area (Å²) >= 11 is 0. The molecule has 1 atom stereocenters. The molecular weight excluding hydrogens is 220 g/mol. The average Bonchev–Trinajstić information content (AvgIpc) is 2.29. The minimum Gasteiger partial charge on any atom is -0.323 e. The van der Waals surface area contributed by atoms with Crippen molar-refractivity contribution in [2.75, 3.05) is 0 Å². The molecule has 0 spiro atoms. The molecule has 1 aromatic heterocycles. The molecule has 0 aliphatic carbocycles. The lowest BCUT2D eigenvalue weighted by atomic mass is 10.1. The van der Waals surface area contributed by atoms with Gasteiger partial charge in [-0.3, -0.25) is 4.98 Å². The van der Waals surface area contributed by atoms with Gasteiger partial charge in [0.05, 0.1) is 11.2 Å². The second kappa shape index (κ2) is 5.83. The van der Waals surface area contributed by atoms with Gasteiger partial charge < -0.3 is 5.73 Å². The Balaban J connectivity index is 0.00000128. The van der Waals surface area contributed by atoms with E-state index >= 15 is 0 Å². The minimum absolute atomic E-state index is 0. The van der Waals surface area contributed by atoms with Crippen molar-refractivity contribution in [1.82, 2.24) is 4.98 Å². The Morgan fingerprint density at radius 3 is 2.69 bits per heavy atom. The first-order valence-electron chi connectivity index (χ1n) is 5.42. The van der Waals surface area contributed by atoms with E-state index in [-0.39, 0.29) is 18.4 Å². The maximum atomic E-state index is 6.03. The summed E-state index contributed by atoms with van der Waals surface area (Å²) in [7, 11) is 0. The molecule has 1 heterocycles. The molecule has 16 heavy (non-hydrogen) atoms. The first-order valence-corrected chi connectivity index (χ1v) is 5.42. The number of hydrogen-bond donors (Lipinski definition) is 1. The van der Waals surface area contributed by atoms with Gasteiger partial charge in [-0.25, -0.2) is 0 Å². The molecule has 0 fully saturated rings. The zero-order valence-corrected chi connectivity index (χ0v) is 10.2. The minimum atomic E-state index is 0. The number of hydrogen-bond acceptors (Lipinski definition) is 2. The number of halogens is 1. The predicted octanol–water partition coefficient (Wildman–Crippen LogP) is 3.46. The van der Waals surface area contributed by atoms with Crippen LogP contribution in [0, 0.1) is 0 Å². The number of benzene rings is 1. The summed E-state index contributed by atoms with van der Waals surface area (Å²) in [6.45, 7) is 2.14. The van der Waals surface area contributed by atoms with E-state index in [9.17, 15) is 0 Å². The fourth-order valence-electron chi connectivity index (χ4n) is 1.75. The van der Waals surface area contributed by atoms with Crippen molar-refractivity contribution in [3.05, 3.63) is 42.1 Å². The van der Waals surface area contributed by atoms with E-state index in [2.05, 4.69) is 24.0 Å². The molecule has 2 N–H and O–H groups in total. The van der Waals surface area contributed by atoms with E-state index in [0.29, 0.717) is 0 Å². The van der Waals surface area contributed by atoms with Gasteiger partial charge in [0.1, 0.15) is 0 Å². The zero-order valence-electron chi connectivity index (χ0n) is 9.39. The number of para-hydroxylation sites is 1. The topological polar surface area (TPSA) is 38.9 Å². The van der Waals surface area contributed by atoms with Crippen LogP contribution in [0.1, 0.15) is 31.5 Å². The van der Waals surface area contributed by atoms with Crippen molar-refractivity contribution in [3.8, 4) is 0 Å². The molecule has 0 saturated carbocycles. The molecule has 3 heteroatoms. The molecule has 2 rings (SSSR count). The summed E-state index contributed by atoms with van der Waals surface area (Å²) in [5.74, 6) is 0. The summed E-state index contributed by atoms with van der Waals surface area (Å²) in [4.78, 5) is 4.57. The van der Waals surface area contributed by atoms with Crippen LogP contribution in [0.4, 0.5) is 0 Å². The lowest BCUT2D eigenvalue weighted by molar-refractivity contribution is 0.624. The molecule has 0 aliphatic rings. The van der Waals surface area contributed by atoms with Gasteiger partial charge in [-0.2, -0.15) is 0 Å². The molecule has 0 unspecified atom stereocenters. The first-order chi connectivity index (χ1) is 7.31. The highest BCUT2D eigenvalue weighted by atomic mass is 35.5. The smallest absolute Gasteiger partial charge is 0.0706 e. The van der Waals surface area contributed by atoms with Crippen LogP contribution >= 0.6 is 12.4 Å². The standard InChI is InChI=1S/C13H16N2.ClH/c1-2-5-11(14)13-9-8-10-6-3-4-7-12(10)15-13;/h3-4,6-9,11H,2,5,14H2,1H3;1H/t11-;/m0./s1. The van der Waals surface area contributed by atoms with E-state index in [1.165, 1.54) is 5.39 Å². The van der Waals surface area contributed by atoms with Crippen LogP contribution in [0.2, 0.25) is 0 Å². The van der Waals surface area contributed by atoms with E-state index in [1.807, 2.05) is 24.3 Å². The summed E-state index contributed by atoms with van der Waals surface area (Å²) in [6.07, 6.45) is 2.08. The molecule has 0 bridgehead atoms. The van der Waals surface area contributed by atoms with Gasteiger partial charge in [0.25, 0.3) is 0 Å². The maximum absolute atomic E-state index is 6.03.